The Morgan fingerprint density at radius 1 is 1.10 bits per heavy atom. The molecule has 0 spiro atoms. The highest BCUT2D eigenvalue weighted by Gasteiger charge is 2.12. The van der Waals surface area contributed by atoms with E-state index in [1.807, 2.05) is 0 Å². The molecule has 9 heteroatoms. The van der Waals surface area contributed by atoms with Crippen molar-refractivity contribution in [2.75, 3.05) is 12.4 Å². The molecule has 0 aliphatic rings. The SMILES string of the molecule is COC(=O)Nc1cc(F)ccc1-c1cnc2nc(COc3ccc(F)cc3)cn2c1. The maximum absolute atomic E-state index is 13.7. The van der Waals surface area contributed by atoms with Crippen LogP contribution >= 0.6 is 0 Å². The van der Waals surface area contributed by atoms with Crippen molar-refractivity contribution in [2.24, 2.45) is 0 Å². The Bertz CT molecular complexity index is 1210. The summed E-state index contributed by atoms with van der Waals surface area (Å²) in [6.45, 7) is 0.177. The molecule has 0 unspecified atom stereocenters. The molecule has 152 valence electrons. The average Bonchev–Trinajstić information content (AvgIpc) is 3.15. The first-order valence-corrected chi connectivity index (χ1v) is 8.89. The van der Waals surface area contributed by atoms with Gasteiger partial charge in [-0.1, -0.05) is 0 Å². The molecule has 0 saturated heterocycles. The van der Waals surface area contributed by atoms with Crippen molar-refractivity contribution >= 4 is 17.6 Å². The van der Waals surface area contributed by atoms with Crippen LogP contribution in [0, 0.1) is 11.6 Å². The topological polar surface area (TPSA) is 77.8 Å². The zero-order valence-corrected chi connectivity index (χ0v) is 15.8. The predicted octanol–water partition coefficient (Wildman–Crippen LogP) is 4.43. The van der Waals surface area contributed by atoms with Gasteiger partial charge in [-0.15, -0.1) is 0 Å². The summed E-state index contributed by atoms with van der Waals surface area (Å²) >= 11 is 0. The Morgan fingerprint density at radius 2 is 1.87 bits per heavy atom. The van der Waals surface area contributed by atoms with Crippen LogP contribution in [-0.4, -0.2) is 27.6 Å². The number of hydrogen-bond donors (Lipinski definition) is 1. The second-order valence-electron chi connectivity index (χ2n) is 6.33. The maximum Gasteiger partial charge on any atom is 0.411 e. The fourth-order valence-corrected chi connectivity index (χ4v) is 2.86. The number of benzene rings is 2. The van der Waals surface area contributed by atoms with Gasteiger partial charge in [-0.3, -0.25) is 9.72 Å². The molecule has 30 heavy (non-hydrogen) atoms. The lowest BCUT2D eigenvalue weighted by Crippen LogP contribution is -2.12. The van der Waals surface area contributed by atoms with Crippen molar-refractivity contribution in [3.05, 3.63) is 78.4 Å². The standard InChI is InChI=1S/C21H16F2N4O3/c1-29-21(28)26-19-8-15(23)4-7-18(19)13-9-24-20-25-16(11-27(20)10-13)12-30-17-5-2-14(22)3-6-17/h2-11H,12H2,1H3,(H,26,28). The third kappa shape index (κ3) is 4.19. The number of carbonyl (C=O) groups is 1. The quantitative estimate of drug-likeness (QED) is 0.527. The van der Waals surface area contributed by atoms with Crippen LogP contribution in [0.1, 0.15) is 5.69 Å². The van der Waals surface area contributed by atoms with Gasteiger partial charge in [0.15, 0.2) is 0 Å². The van der Waals surface area contributed by atoms with Crippen LogP contribution < -0.4 is 10.1 Å². The molecule has 7 nitrogen and oxygen atoms in total. The van der Waals surface area contributed by atoms with E-state index in [9.17, 15) is 13.6 Å². The molecule has 2 heterocycles. The third-order valence-electron chi connectivity index (χ3n) is 4.28. The van der Waals surface area contributed by atoms with Crippen LogP contribution in [0.5, 0.6) is 5.75 Å². The number of nitrogens with one attached hydrogen (secondary N) is 1. The van der Waals surface area contributed by atoms with E-state index >= 15 is 0 Å². The molecule has 1 N–H and O–H groups in total. The molecular weight excluding hydrogens is 394 g/mol. The minimum Gasteiger partial charge on any atom is -0.487 e. The summed E-state index contributed by atoms with van der Waals surface area (Å²) in [5.41, 5.74) is 2.07. The van der Waals surface area contributed by atoms with E-state index in [0.717, 1.165) is 0 Å². The Labute approximate surface area is 169 Å². The molecule has 0 radical (unpaired) electrons. The normalized spacial score (nSPS) is 10.8. The monoisotopic (exact) mass is 410 g/mol. The summed E-state index contributed by atoms with van der Waals surface area (Å²) in [5.74, 6) is 0.128. The number of fused-ring (bicyclic) bond motifs is 1. The number of ether oxygens (including phenoxy) is 2. The van der Waals surface area contributed by atoms with Crippen molar-refractivity contribution in [2.45, 2.75) is 6.61 Å². The lowest BCUT2D eigenvalue weighted by Gasteiger charge is -2.10. The van der Waals surface area contributed by atoms with Crippen LogP contribution in [0.3, 0.4) is 0 Å². The van der Waals surface area contributed by atoms with Gasteiger partial charge >= 0.3 is 6.09 Å². The van der Waals surface area contributed by atoms with Crippen LogP contribution in [0.4, 0.5) is 19.3 Å². The van der Waals surface area contributed by atoms with E-state index in [1.54, 1.807) is 29.1 Å². The molecule has 4 rings (SSSR count). The van der Waals surface area contributed by atoms with Crippen molar-refractivity contribution < 1.29 is 23.0 Å². The summed E-state index contributed by atoms with van der Waals surface area (Å²) in [7, 11) is 1.23. The summed E-state index contributed by atoms with van der Waals surface area (Å²) < 4.78 is 38.5. The molecule has 1 amide bonds. The molecule has 0 fully saturated rings. The summed E-state index contributed by atoms with van der Waals surface area (Å²) in [6.07, 6.45) is 4.36. The lowest BCUT2D eigenvalue weighted by molar-refractivity contribution is 0.187. The van der Waals surface area contributed by atoms with Crippen LogP contribution in [0.15, 0.2) is 61.1 Å². The second-order valence-corrected chi connectivity index (χ2v) is 6.33. The highest BCUT2D eigenvalue weighted by molar-refractivity contribution is 5.91. The number of halogens is 2. The van der Waals surface area contributed by atoms with Gasteiger partial charge < -0.3 is 9.47 Å². The average molecular weight is 410 g/mol. The van der Waals surface area contributed by atoms with Crippen molar-refractivity contribution in [1.29, 1.82) is 0 Å². The first kappa shape index (κ1) is 19.3. The molecule has 0 atom stereocenters. The fourth-order valence-electron chi connectivity index (χ4n) is 2.86. The smallest absolute Gasteiger partial charge is 0.411 e. The third-order valence-corrected chi connectivity index (χ3v) is 4.28. The largest absolute Gasteiger partial charge is 0.487 e. The number of amides is 1. The molecular formula is C21H16F2N4O3. The van der Waals surface area contributed by atoms with Crippen molar-refractivity contribution in [3.8, 4) is 16.9 Å². The Balaban J connectivity index is 1.59. The van der Waals surface area contributed by atoms with Crippen LogP contribution in [0.2, 0.25) is 0 Å². The van der Waals surface area contributed by atoms with Crippen LogP contribution in [0.25, 0.3) is 16.9 Å². The molecule has 2 aromatic carbocycles. The summed E-state index contributed by atoms with van der Waals surface area (Å²) in [5, 5.41) is 2.49. The number of methoxy groups -OCH3 is 1. The van der Waals surface area contributed by atoms with Gasteiger partial charge in [0.1, 0.15) is 24.0 Å². The molecule has 0 bridgehead atoms. The summed E-state index contributed by atoms with van der Waals surface area (Å²) in [4.78, 5) is 20.3. The first-order valence-electron chi connectivity index (χ1n) is 8.89. The number of hydrogen-bond acceptors (Lipinski definition) is 5. The number of nitrogens with zero attached hydrogens (tertiary/aromatic N) is 3. The molecule has 4 aromatic rings. The highest BCUT2D eigenvalue weighted by Crippen LogP contribution is 2.29. The van der Waals surface area contributed by atoms with Gasteiger partial charge in [-0.2, -0.15) is 0 Å². The number of aromatic nitrogens is 3. The number of carbonyl (C=O) groups excluding carboxylic acids is 1. The Kier molecular flexibility index (Phi) is 5.25. The van der Waals surface area contributed by atoms with Gasteiger partial charge in [0, 0.05) is 29.7 Å². The van der Waals surface area contributed by atoms with Gasteiger partial charge in [0.05, 0.1) is 18.5 Å². The lowest BCUT2D eigenvalue weighted by atomic mass is 10.1. The molecule has 2 aromatic heterocycles. The summed E-state index contributed by atoms with van der Waals surface area (Å²) in [6, 6.07) is 9.73. The van der Waals surface area contributed by atoms with Crippen molar-refractivity contribution in [3.63, 3.8) is 0 Å². The van der Waals surface area contributed by atoms with E-state index < -0.39 is 11.9 Å². The molecule has 0 aliphatic carbocycles. The van der Waals surface area contributed by atoms with Crippen LogP contribution in [-0.2, 0) is 11.3 Å². The van der Waals surface area contributed by atoms with E-state index in [0.29, 0.717) is 28.3 Å². The number of anilines is 1. The minimum atomic E-state index is -0.709. The van der Waals surface area contributed by atoms with Crippen molar-refractivity contribution in [1.82, 2.24) is 14.4 Å². The van der Waals surface area contributed by atoms with E-state index in [1.165, 1.54) is 43.5 Å². The second kappa shape index (κ2) is 8.16. The molecule has 0 saturated carbocycles. The van der Waals surface area contributed by atoms with E-state index in [4.69, 9.17) is 4.74 Å². The van der Waals surface area contributed by atoms with Gasteiger partial charge in [0.2, 0.25) is 5.78 Å². The number of imidazole rings is 1. The van der Waals surface area contributed by atoms with Gasteiger partial charge in [-0.25, -0.2) is 23.5 Å². The highest BCUT2D eigenvalue weighted by atomic mass is 19.1. The van der Waals surface area contributed by atoms with E-state index in [-0.39, 0.29) is 18.1 Å². The first-order chi connectivity index (χ1) is 14.5. The Morgan fingerprint density at radius 3 is 2.63 bits per heavy atom. The number of rotatable bonds is 5. The van der Waals surface area contributed by atoms with Gasteiger partial charge in [0.25, 0.3) is 0 Å². The van der Waals surface area contributed by atoms with Gasteiger partial charge in [-0.05, 0) is 42.5 Å². The van der Waals surface area contributed by atoms with E-state index in [2.05, 4.69) is 20.0 Å². The zero-order chi connectivity index (χ0) is 21.1. The zero-order valence-electron chi connectivity index (χ0n) is 15.8. The minimum absolute atomic E-state index is 0.177. The fraction of sp³-hybridized carbons (Fsp3) is 0.0952. The molecule has 0 aliphatic heterocycles. The predicted molar refractivity (Wildman–Crippen MR) is 105 cm³/mol. The maximum atomic E-state index is 13.7. The Hall–Kier alpha value is -4.01.